The van der Waals surface area contributed by atoms with E-state index in [0.717, 1.165) is 39.0 Å². The average molecular weight is 390 g/mol. The number of likely N-dealkylation sites (N-methyl/N-ethyl adjacent to an activating group) is 1. The van der Waals surface area contributed by atoms with E-state index in [9.17, 15) is 13.2 Å². The van der Waals surface area contributed by atoms with Crippen molar-refractivity contribution in [3.05, 3.63) is 0 Å². The van der Waals surface area contributed by atoms with Crippen LogP contribution in [0.15, 0.2) is 0 Å². The van der Waals surface area contributed by atoms with E-state index < -0.39 is 10.0 Å². The summed E-state index contributed by atoms with van der Waals surface area (Å²) in [7, 11) is -1.49. The zero-order chi connectivity index (χ0) is 19.3. The van der Waals surface area contributed by atoms with Crippen LogP contribution in [0.2, 0.25) is 0 Å². The third-order valence-electron chi connectivity index (χ3n) is 5.52. The molecule has 2 saturated heterocycles. The predicted molar refractivity (Wildman–Crippen MR) is 103 cm³/mol. The fourth-order valence-corrected chi connectivity index (χ4v) is 5.20. The number of sulfonamides is 1. The van der Waals surface area contributed by atoms with Gasteiger partial charge in [0.1, 0.15) is 0 Å². The molecule has 8 nitrogen and oxygen atoms in total. The molecule has 0 bridgehead atoms. The molecule has 0 aromatic rings. The molecular formula is C17H35N5O3S. The third-order valence-corrected chi connectivity index (χ3v) is 7.41. The van der Waals surface area contributed by atoms with Crippen molar-refractivity contribution in [2.75, 3.05) is 65.2 Å². The summed E-state index contributed by atoms with van der Waals surface area (Å²) in [5.74, 6) is -0.196. The first-order chi connectivity index (χ1) is 12.2. The van der Waals surface area contributed by atoms with Gasteiger partial charge in [0.05, 0.1) is 12.3 Å². The topological polar surface area (TPSA) is 90.2 Å². The second kappa shape index (κ2) is 9.45. The molecule has 0 aliphatic carbocycles. The number of nitrogens with zero attached hydrogens (tertiary/aromatic N) is 4. The molecule has 2 rings (SSSR count). The number of nitrogens with two attached hydrogens (primary N) is 1. The molecule has 9 heteroatoms. The minimum Gasteiger partial charge on any atom is -0.339 e. The predicted octanol–water partition coefficient (Wildman–Crippen LogP) is -0.776. The third kappa shape index (κ3) is 5.63. The Labute approximate surface area is 158 Å². The summed E-state index contributed by atoms with van der Waals surface area (Å²) in [6.45, 7) is 9.02. The number of hydrogen-bond acceptors (Lipinski definition) is 6. The maximum atomic E-state index is 12.8. The molecule has 0 aromatic carbocycles. The van der Waals surface area contributed by atoms with Gasteiger partial charge in [0, 0.05) is 44.8 Å². The lowest BCUT2D eigenvalue weighted by molar-refractivity contribution is -0.133. The van der Waals surface area contributed by atoms with Crippen molar-refractivity contribution in [1.29, 1.82) is 0 Å². The quantitative estimate of drug-likeness (QED) is 0.615. The summed E-state index contributed by atoms with van der Waals surface area (Å²) in [6.07, 6.45) is 1.52. The Morgan fingerprint density at radius 1 is 1.12 bits per heavy atom. The van der Waals surface area contributed by atoms with Gasteiger partial charge in [-0.2, -0.15) is 4.31 Å². The van der Waals surface area contributed by atoms with E-state index in [0.29, 0.717) is 19.1 Å². The van der Waals surface area contributed by atoms with Crippen molar-refractivity contribution >= 4 is 15.9 Å². The number of piperazine rings is 1. The molecule has 2 heterocycles. The molecular weight excluding hydrogens is 354 g/mol. The van der Waals surface area contributed by atoms with Crippen molar-refractivity contribution in [3.8, 4) is 0 Å². The van der Waals surface area contributed by atoms with E-state index in [1.807, 2.05) is 7.05 Å². The first-order valence-corrected chi connectivity index (χ1v) is 11.3. The highest BCUT2D eigenvalue weighted by Crippen LogP contribution is 2.21. The Morgan fingerprint density at radius 3 is 2.19 bits per heavy atom. The van der Waals surface area contributed by atoms with Crippen molar-refractivity contribution in [2.45, 2.75) is 38.8 Å². The summed E-state index contributed by atoms with van der Waals surface area (Å²) in [5.41, 5.74) is 5.52. The largest absolute Gasteiger partial charge is 0.339 e. The Balaban J connectivity index is 2.06. The summed E-state index contributed by atoms with van der Waals surface area (Å²) >= 11 is 0. The summed E-state index contributed by atoms with van der Waals surface area (Å²) in [4.78, 5) is 19.1. The highest BCUT2D eigenvalue weighted by Gasteiger charge is 2.35. The normalized spacial score (nSPS) is 21.7. The lowest BCUT2D eigenvalue weighted by Gasteiger charge is -2.40. The molecule has 0 unspecified atom stereocenters. The highest BCUT2D eigenvalue weighted by atomic mass is 32.2. The molecule has 0 radical (unpaired) electrons. The van der Waals surface area contributed by atoms with Crippen LogP contribution in [0.3, 0.4) is 0 Å². The van der Waals surface area contributed by atoms with Crippen LogP contribution < -0.4 is 5.73 Å². The molecule has 0 aromatic heterocycles. The Bertz CT molecular complexity index is 553. The fraction of sp³-hybridized carbons (Fsp3) is 0.941. The maximum absolute atomic E-state index is 12.8. The minimum absolute atomic E-state index is 0.0571. The zero-order valence-corrected chi connectivity index (χ0v) is 17.2. The summed E-state index contributed by atoms with van der Waals surface area (Å²) in [6, 6.07) is 0.343. The number of likely N-dealkylation sites (tertiary alicyclic amines) is 1. The van der Waals surface area contributed by atoms with Gasteiger partial charge >= 0.3 is 0 Å². The van der Waals surface area contributed by atoms with E-state index in [1.165, 1.54) is 4.31 Å². The Hall–Kier alpha value is -0.740. The van der Waals surface area contributed by atoms with Gasteiger partial charge in [-0.05, 0) is 46.8 Å². The second-order valence-corrected chi connectivity index (χ2v) is 9.74. The molecule has 2 aliphatic heterocycles. The lowest BCUT2D eigenvalue weighted by atomic mass is 10.0. The molecule has 152 valence electrons. The highest BCUT2D eigenvalue weighted by molar-refractivity contribution is 7.89. The number of carbonyl (C=O) groups is 1. The van der Waals surface area contributed by atoms with E-state index in [1.54, 1.807) is 4.90 Å². The van der Waals surface area contributed by atoms with Gasteiger partial charge in [-0.1, -0.05) is 0 Å². The van der Waals surface area contributed by atoms with Gasteiger partial charge in [-0.3, -0.25) is 4.79 Å². The summed E-state index contributed by atoms with van der Waals surface area (Å²) in [5, 5.41) is 0. The maximum Gasteiger partial charge on any atom is 0.237 e. The molecule has 0 atom stereocenters. The van der Waals surface area contributed by atoms with Crippen molar-refractivity contribution < 1.29 is 13.2 Å². The van der Waals surface area contributed by atoms with E-state index in [-0.39, 0.29) is 30.8 Å². The van der Waals surface area contributed by atoms with Gasteiger partial charge in [0.15, 0.2) is 0 Å². The van der Waals surface area contributed by atoms with Gasteiger partial charge in [-0.25, -0.2) is 8.42 Å². The number of hydrogen-bond donors (Lipinski definition) is 1. The van der Waals surface area contributed by atoms with Crippen molar-refractivity contribution in [1.82, 2.24) is 19.0 Å². The van der Waals surface area contributed by atoms with Crippen LogP contribution in [-0.4, -0.2) is 111 Å². The number of amides is 1. The molecule has 0 saturated carbocycles. The molecule has 0 spiro atoms. The number of rotatable bonds is 7. The summed E-state index contributed by atoms with van der Waals surface area (Å²) < 4.78 is 27.0. The Kier molecular flexibility index (Phi) is 7.84. The van der Waals surface area contributed by atoms with Gasteiger partial charge in [-0.15, -0.1) is 0 Å². The van der Waals surface area contributed by atoms with Crippen LogP contribution in [-0.2, 0) is 14.8 Å². The molecule has 2 aliphatic rings. The molecule has 2 N–H and O–H groups in total. The lowest BCUT2D eigenvalue weighted by Crippen LogP contribution is -2.55. The first-order valence-electron chi connectivity index (χ1n) is 9.64. The van der Waals surface area contributed by atoms with Crippen LogP contribution in [0.5, 0.6) is 0 Å². The SMILES string of the molecule is CC(C)N1CCC(N(CC(=O)N2CCN(C)CC2)S(=O)(=O)CCN)CC1. The van der Waals surface area contributed by atoms with Crippen molar-refractivity contribution in [3.63, 3.8) is 0 Å². The van der Waals surface area contributed by atoms with Crippen LogP contribution in [0.4, 0.5) is 0 Å². The zero-order valence-electron chi connectivity index (χ0n) is 16.4. The van der Waals surface area contributed by atoms with E-state index in [4.69, 9.17) is 5.73 Å². The van der Waals surface area contributed by atoms with Crippen LogP contribution in [0.25, 0.3) is 0 Å². The minimum atomic E-state index is -3.52. The molecule has 1 amide bonds. The monoisotopic (exact) mass is 389 g/mol. The molecule has 26 heavy (non-hydrogen) atoms. The fourth-order valence-electron chi connectivity index (χ4n) is 3.70. The van der Waals surface area contributed by atoms with E-state index >= 15 is 0 Å². The second-order valence-electron chi connectivity index (χ2n) is 7.69. The van der Waals surface area contributed by atoms with E-state index in [2.05, 4.69) is 23.6 Å². The number of piperidine rings is 1. The Morgan fingerprint density at radius 2 is 1.69 bits per heavy atom. The standard InChI is InChI=1S/C17H35N5O3S/c1-15(2)20-7-4-16(5-8-20)22(26(24,25)13-6-18)14-17(23)21-11-9-19(3)10-12-21/h15-16H,4-14,18H2,1-3H3. The average Bonchev–Trinajstić information content (AvgIpc) is 2.60. The van der Waals surface area contributed by atoms with Gasteiger partial charge in [0.25, 0.3) is 0 Å². The molecule has 2 fully saturated rings. The van der Waals surface area contributed by atoms with Crippen LogP contribution >= 0.6 is 0 Å². The van der Waals surface area contributed by atoms with Crippen molar-refractivity contribution in [2.24, 2.45) is 5.73 Å². The first kappa shape index (κ1) is 21.6. The number of carbonyl (C=O) groups excluding carboxylic acids is 1. The van der Waals surface area contributed by atoms with Crippen LogP contribution in [0.1, 0.15) is 26.7 Å². The van der Waals surface area contributed by atoms with Crippen LogP contribution in [0, 0.1) is 0 Å². The van der Waals surface area contributed by atoms with Gasteiger partial charge in [0.2, 0.25) is 15.9 Å². The smallest absolute Gasteiger partial charge is 0.237 e. The van der Waals surface area contributed by atoms with Gasteiger partial charge < -0.3 is 20.4 Å².